The van der Waals surface area contributed by atoms with Gasteiger partial charge in [-0.25, -0.2) is 0 Å². The Morgan fingerprint density at radius 3 is 2.44 bits per heavy atom. The number of nitro groups is 1. The fraction of sp³-hybridized carbons (Fsp3) is 0.0588. The molecule has 2 amide bonds. The van der Waals surface area contributed by atoms with E-state index < -0.39 is 16.7 Å². The number of hydrogen-bond donors (Lipinski definition) is 3. The van der Waals surface area contributed by atoms with Crippen LogP contribution in [0, 0.1) is 10.1 Å². The van der Waals surface area contributed by atoms with Crippen LogP contribution < -0.4 is 10.6 Å². The molecule has 128 valence electrons. The molecule has 0 aromatic heterocycles. The minimum atomic E-state index is -0.604. The SMILES string of the molecule is CC(=O)N/C(=C/c1cccc([N+](=O)[O-])c1)C(=O)Nc1ccc(O)cc1. The molecule has 2 aromatic rings. The van der Waals surface area contributed by atoms with Crippen LogP contribution in [0.1, 0.15) is 12.5 Å². The molecule has 2 aromatic carbocycles. The summed E-state index contributed by atoms with van der Waals surface area (Å²) in [6, 6.07) is 11.4. The number of rotatable bonds is 5. The zero-order valence-electron chi connectivity index (χ0n) is 13.2. The van der Waals surface area contributed by atoms with E-state index in [0.717, 1.165) is 0 Å². The maximum atomic E-state index is 12.4. The highest BCUT2D eigenvalue weighted by Gasteiger charge is 2.13. The van der Waals surface area contributed by atoms with Gasteiger partial charge in [-0.1, -0.05) is 12.1 Å². The highest BCUT2D eigenvalue weighted by Crippen LogP contribution is 2.17. The van der Waals surface area contributed by atoms with Gasteiger partial charge in [0.1, 0.15) is 11.4 Å². The van der Waals surface area contributed by atoms with Crippen molar-refractivity contribution in [1.82, 2.24) is 5.32 Å². The number of carbonyl (C=O) groups is 2. The number of benzene rings is 2. The predicted octanol–water partition coefficient (Wildman–Crippen LogP) is 2.42. The third-order valence-electron chi connectivity index (χ3n) is 3.07. The smallest absolute Gasteiger partial charge is 0.272 e. The Morgan fingerprint density at radius 1 is 1.16 bits per heavy atom. The monoisotopic (exact) mass is 341 g/mol. The molecule has 25 heavy (non-hydrogen) atoms. The molecule has 8 heteroatoms. The Kier molecular flexibility index (Phi) is 5.47. The molecule has 2 rings (SSSR count). The Morgan fingerprint density at radius 2 is 1.84 bits per heavy atom. The number of carbonyl (C=O) groups excluding carboxylic acids is 2. The van der Waals surface area contributed by atoms with Gasteiger partial charge in [0.25, 0.3) is 11.6 Å². The van der Waals surface area contributed by atoms with Gasteiger partial charge in [-0.15, -0.1) is 0 Å². The van der Waals surface area contributed by atoms with Crippen molar-refractivity contribution in [3.8, 4) is 5.75 Å². The van der Waals surface area contributed by atoms with Crippen molar-refractivity contribution in [2.24, 2.45) is 0 Å². The van der Waals surface area contributed by atoms with Crippen molar-refractivity contribution < 1.29 is 19.6 Å². The largest absolute Gasteiger partial charge is 0.508 e. The quantitative estimate of drug-likeness (QED) is 0.334. The molecule has 0 spiro atoms. The molecule has 0 aliphatic carbocycles. The highest BCUT2D eigenvalue weighted by atomic mass is 16.6. The molecule has 3 N–H and O–H groups in total. The zero-order chi connectivity index (χ0) is 18.4. The van der Waals surface area contributed by atoms with E-state index in [0.29, 0.717) is 11.3 Å². The van der Waals surface area contributed by atoms with Crippen molar-refractivity contribution in [2.45, 2.75) is 6.92 Å². The Balaban J connectivity index is 2.29. The predicted molar refractivity (Wildman–Crippen MR) is 91.6 cm³/mol. The van der Waals surface area contributed by atoms with Crippen LogP contribution in [0.25, 0.3) is 6.08 Å². The number of amides is 2. The van der Waals surface area contributed by atoms with Crippen LogP contribution in [-0.2, 0) is 9.59 Å². The number of nitrogens with one attached hydrogen (secondary N) is 2. The van der Waals surface area contributed by atoms with Gasteiger partial charge >= 0.3 is 0 Å². The highest BCUT2D eigenvalue weighted by molar-refractivity contribution is 6.08. The van der Waals surface area contributed by atoms with Gasteiger partial charge in [0.05, 0.1) is 4.92 Å². The molecule has 0 heterocycles. The molecule has 0 aliphatic rings. The first-order chi connectivity index (χ1) is 11.8. The van der Waals surface area contributed by atoms with Crippen LogP contribution in [0.3, 0.4) is 0 Å². The van der Waals surface area contributed by atoms with E-state index in [9.17, 15) is 24.8 Å². The summed E-state index contributed by atoms with van der Waals surface area (Å²) in [5.74, 6) is -1.02. The summed E-state index contributed by atoms with van der Waals surface area (Å²) in [4.78, 5) is 34.0. The van der Waals surface area contributed by atoms with Gasteiger partial charge in [0, 0.05) is 24.7 Å². The summed E-state index contributed by atoms with van der Waals surface area (Å²) in [7, 11) is 0. The number of phenols is 1. The van der Waals surface area contributed by atoms with Crippen LogP contribution in [0.2, 0.25) is 0 Å². The summed E-state index contributed by atoms with van der Waals surface area (Å²) < 4.78 is 0. The molecule has 0 fully saturated rings. The van der Waals surface area contributed by atoms with E-state index in [2.05, 4.69) is 10.6 Å². The Labute approximate surface area is 142 Å². The average molecular weight is 341 g/mol. The minimum absolute atomic E-state index is 0.0484. The van der Waals surface area contributed by atoms with Gasteiger partial charge < -0.3 is 15.7 Å². The van der Waals surface area contributed by atoms with E-state index in [4.69, 9.17) is 0 Å². The maximum absolute atomic E-state index is 12.4. The van der Waals surface area contributed by atoms with E-state index in [1.54, 1.807) is 6.07 Å². The first kappa shape index (κ1) is 17.7. The summed E-state index contributed by atoms with van der Waals surface area (Å²) in [6.07, 6.45) is 1.34. The number of aromatic hydroxyl groups is 1. The Bertz CT molecular complexity index is 844. The van der Waals surface area contributed by atoms with Gasteiger partial charge in [-0.05, 0) is 35.9 Å². The summed E-state index contributed by atoms with van der Waals surface area (Å²) >= 11 is 0. The molecule has 8 nitrogen and oxygen atoms in total. The lowest BCUT2D eigenvalue weighted by molar-refractivity contribution is -0.384. The summed E-state index contributed by atoms with van der Waals surface area (Å²) in [5.41, 5.74) is 0.604. The molecule has 0 unspecified atom stereocenters. The normalized spacial score (nSPS) is 10.8. The van der Waals surface area contributed by atoms with E-state index in [1.807, 2.05) is 0 Å². The molecule has 0 saturated heterocycles. The molecule has 0 aliphatic heterocycles. The second-order valence-electron chi connectivity index (χ2n) is 5.09. The van der Waals surface area contributed by atoms with Crippen molar-refractivity contribution >= 4 is 29.3 Å². The molecule has 0 radical (unpaired) electrons. The van der Waals surface area contributed by atoms with Crippen molar-refractivity contribution in [2.75, 3.05) is 5.32 Å². The first-order valence-corrected chi connectivity index (χ1v) is 7.19. The second-order valence-corrected chi connectivity index (χ2v) is 5.09. The van der Waals surface area contributed by atoms with Crippen LogP contribution in [0.5, 0.6) is 5.75 Å². The van der Waals surface area contributed by atoms with Crippen molar-refractivity contribution in [3.05, 3.63) is 69.9 Å². The topological polar surface area (TPSA) is 122 Å². The third-order valence-corrected chi connectivity index (χ3v) is 3.07. The lowest BCUT2D eigenvalue weighted by atomic mass is 10.1. The van der Waals surface area contributed by atoms with Crippen molar-refractivity contribution in [1.29, 1.82) is 0 Å². The minimum Gasteiger partial charge on any atom is -0.508 e. The first-order valence-electron chi connectivity index (χ1n) is 7.19. The Hall–Kier alpha value is -3.68. The lowest BCUT2D eigenvalue weighted by Crippen LogP contribution is -2.28. The molecular formula is C17H15N3O5. The van der Waals surface area contributed by atoms with E-state index >= 15 is 0 Å². The van der Waals surface area contributed by atoms with E-state index in [1.165, 1.54) is 55.5 Å². The number of non-ortho nitro benzene ring substituents is 1. The van der Waals surface area contributed by atoms with Crippen LogP contribution >= 0.6 is 0 Å². The number of nitrogens with zero attached hydrogens (tertiary/aromatic N) is 1. The second kappa shape index (κ2) is 7.73. The number of nitro benzene ring substituents is 1. The average Bonchev–Trinajstić information content (AvgIpc) is 2.56. The van der Waals surface area contributed by atoms with Gasteiger partial charge in [0.2, 0.25) is 5.91 Å². The third kappa shape index (κ3) is 5.17. The van der Waals surface area contributed by atoms with Gasteiger partial charge in [-0.3, -0.25) is 19.7 Å². The summed E-state index contributed by atoms with van der Waals surface area (Å²) in [6.45, 7) is 1.25. The van der Waals surface area contributed by atoms with Gasteiger partial charge in [-0.2, -0.15) is 0 Å². The van der Waals surface area contributed by atoms with Crippen LogP contribution in [0.15, 0.2) is 54.2 Å². The molecular weight excluding hydrogens is 326 g/mol. The number of anilines is 1. The lowest BCUT2D eigenvalue weighted by Gasteiger charge is -2.10. The zero-order valence-corrected chi connectivity index (χ0v) is 13.2. The molecule has 0 atom stereocenters. The van der Waals surface area contributed by atoms with Crippen LogP contribution in [0.4, 0.5) is 11.4 Å². The summed E-state index contributed by atoms with van der Waals surface area (Å²) in [5, 5.41) is 25.0. The van der Waals surface area contributed by atoms with Crippen LogP contribution in [-0.4, -0.2) is 21.8 Å². The number of phenolic OH excluding ortho intramolecular Hbond substituents is 1. The van der Waals surface area contributed by atoms with Gasteiger partial charge in [0.15, 0.2) is 0 Å². The standard InChI is InChI=1S/C17H15N3O5/c1-11(21)18-16(10-12-3-2-4-14(9-12)20(24)25)17(23)19-13-5-7-15(22)8-6-13/h2-10,22H,1H3,(H,18,21)(H,19,23)/b16-10+. The maximum Gasteiger partial charge on any atom is 0.272 e. The fourth-order valence-electron chi connectivity index (χ4n) is 1.99. The van der Waals surface area contributed by atoms with E-state index in [-0.39, 0.29) is 17.1 Å². The number of hydrogen-bond acceptors (Lipinski definition) is 5. The van der Waals surface area contributed by atoms with Crippen molar-refractivity contribution in [3.63, 3.8) is 0 Å². The molecule has 0 bridgehead atoms. The fourth-order valence-corrected chi connectivity index (χ4v) is 1.99. The molecule has 0 saturated carbocycles.